The molecule has 3 N–H and O–H groups in total. The van der Waals surface area contributed by atoms with Crippen molar-refractivity contribution in [2.24, 2.45) is 5.73 Å². The van der Waals surface area contributed by atoms with Crippen molar-refractivity contribution in [2.75, 3.05) is 5.32 Å². The van der Waals surface area contributed by atoms with Crippen LogP contribution in [0.5, 0.6) is 0 Å². The highest BCUT2D eigenvalue weighted by molar-refractivity contribution is 9.10. The van der Waals surface area contributed by atoms with E-state index in [2.05, 4.69) is 37.2 Å². The van der Waals surface area contributed by atoms with Crippen molar-refractivity contribution in [3.8, 4) is 0 Å². The van der Waals surface area contributed by atoms with E-state index in [1.165, 1.54) is 18.2 Å². The molecule has 0 aliphatic rings. The number of nitrogens with two attached hydrogens (primary N) is 1. The minimum absolute atomic E-state index is 0.389. The van der Waals surface area contributed by atoms with Crippen LogP contribution in [0, 0.1) is 5.82 Å². The molecule has 2 aromatic carbocycles. The molecule has 21 heavy (non-hydrogen) atoms. The molecule has 0 aliphatic carbocycles. The van der Waals surface area contributed by atoms with E-state index in [1.807, 2.05) is 24.3 Å². The van der Waals surface area contributed by atoms with Crippen molar-refractivity contribution in [1.82, 2.24) is 0 Å². The number of anilines is 1. The molecule has 1 unspecified atom stereocenters. The second-order valence-electron chi connectivity index (χ2n) is 4.75. The van der Waals surface area contributed by atoms with Gasteiger partial charge in [0.1, 0.15) is 11.4 Å². The molecule has 0 radical (unpaired) electrons. The molecular weight excluding hydrogens is 403 g/mol. The van der Waals surface area contributed by atoms with E-state index in [-0.39, 0.29) is 5.82 Å². The van der Waals surface area contributed by atoms with Crippen molar-refractivity contribution in [2.45, 2.75) is 12.5 Å². The third kappa shape index (κ3) is 3.44. The molecule has 2 aromatic rings. The van der Waals surface area contributed by atoms with Crippen LogP contribution in [0.4, 0.5) is 10.1 Å². The van der Waals surface area contributed by atoms with E-state index in [4.69, 9.17) is 5.73 Å². The molecule has 110 valence electrons. The molecular formula is C15H13Br2FN2O. The van der Waals surface area contributed by atoms with Gasteiger partial charge < -0.3 is 11.1 Å². The summed E-state index contributed by atoms with van der Waals surface area (Å²) in [5.74, 6) is -0.949. The van der Waals surface area contributed by atoms with Crippen molar-refractivity contribution >= 4 is 43.5 Å². The molecule has 0 aromatic heterocycles. The first-order chi connectivity index (χ1) is 9.83. The Bertz CT molecular complexity index is 693. The summed E-state index contributed by atoms with van der Waals surface area (Å²) < 4.78 is 14.6. The molecule has 6 heteroatoms. The summed E-state index contributed by atoms with van der Waals surface area (Å²) >= 11 is 6.65. The Labute approximate surface area is 139 Å². The third-order valence-corrected chi connectivity index (χ3v) is 4.33. The topological polar surface area (TPSA) is 55.1 Å². The van der Waals surface area contributed by atoms with Gasteiger partial charge in [0.2, 0.25) is 5.91 Å². The number of rotatable bonds is 4. The molecule has 0 heterocycles. The maximum atomic E-state index is 13.2. The molecule has 0 aliphatic heterocycles. The smallest absolute Gasteiger partial charge is 0.247 e. The van der Waals surface area contributed by atoms with Gasteiger partial charge in [-0.2, -0.15) is 0 Å². The van der Waals surface area contributed by atoms with E-state index in [1.54, 1.807) is 6.92 Å². The second kappa shape index (κ2) is 6.15. The van der Waals surface area contributed by atoms with Crippen LogP contribution in [0.2, 0.25) is 0 Å². The number of primary amides is 1. The van der Waals surface area contributed by atoms with Crippen molar-refractivity contribution in [3.63, 3.8) is 0 Å². The second-order valence-corrected chi connectivity index (χ2v) is 6.52. The molecule has 0 spiro atoms. The number of carbonyl (C=O) groups is 1. The fraction of sp³-hybridized carbons (Fsp3) is 0.133. The number of hydrogen-bond acceptors (Lipinski definition) is 2. The normalized spacial score (nSPS) is 13.5. The van der Waals surface area contributed by atoms with Crippen molar-refractivity contribution < 1.29 is 9.18 Å². The van der Waals surface area contributed by atoms with Crippen LogP contribution in [0.3, 0.4) is 0 Å². The first-order valence-corrected chi connectivity index (χ1v) is 7.71. The summed E-state index contributed by atoms with van der Waals surface area (Å²) in [5.41, 5.74) is 5.68. The lowest BCUT2D eigenvalue weighted by Crippen LogP contribution is -2.45. The lowest BCUT2D eigenvalue weighted by atomic mass is 9.90. The van der Waals surface area contributed by atoms with E-state index in [0.29, 0.717) is 10.0 Å². The fourth-order valence-corrected chi connectivity index (χ4v) is 3.16. The summed E-state index contributed by atoms with van der Waals surface area (Å²) in [4.78, 5) is 12.0. The molecule has 3 nitrogen and oxygen atoms in total. The monoisotopic (exact) mass is 414 g/mol. The molecule has 1 atom stereocenters. The summed E-state index contributed by atoms with van der Waals surface area (Å²) in [6.07, 6.45) is 0. The standard InChI is InChI=1S/C15H13Br2FN2O/c1-15(14(19)21,12-6-5-10(18)8-13(12)17)20-11-4-2-3-9(16)7-11/h2-8,20H,1H3,(H2,19,21). The Morgan fingerprint density at radius 2 is 1.95 bits per heavy atom. The predicted molar refractivity (Wildman–Crippen MR) is 88.4 cm³/mol. The molecule has 2 rings (SSSR count). The van der Waals surface area contributed by atoms with Crippen LogP contribution in [-0.4, -0.2) is 5.91 Å². The highest BCUT2D eigenvalue weighted by Gasteiger charge is 2.35. The number of halogens is 3. The average Bonchev–Trinajstić information content (AvgIpc) is 2.38. The van der Waals surface area contributed by atoms with Crippen LogP contribution >= 0.6 is 31.9 Å². The molecule has 1 amide bonds. The van der Waals surface area contributed by atoms with Gasteiger partial charge in [0.05, 0.1) is 0 Å². The predicted octanol–water partition coefficient (Wildman–Crippen LogP) is 4.16. The molecule has 0 fully saturated rings. The Morgan fingerprint density at radius 3 is 2.52 bits per heavy atom. The van der Waals surface area contributed by atoms with Crippen molar-refractivity contribution in [1.29, 1.82) is 0 Å². The van der Waals surface area contributed by atoms with Gasteiger partial charge in [0, 0.05) is 20.2 Å². The van der Waals surface area contributed by atoms with Gasteiger partial charge in [0.25, 0.3) is 0 Å². The molecule has 0 bridgehead atoms. The van der Waals surface area contributed by atoms with Gasteiger partial charge in [-0.05, 0) is 37.3 Å². The van der Waals surface area contributed by atoms with Gasteiger partial charge in [-0.1, -0.05) is 44.0 Å². The Morgan fingerprint density at radius 1 is 1.24 bits per heavy atom. The Balaban J connectivity index is 2.48. The lowest BCUT2D eigenvalue weighted by Gasteiger charge is -2.30. The number of amides is 1. The van der Waals surface area contributed by atoms with E-state index >= 15 is 0 Å². The van der Waals surface area contributed by atoms with Crippen LogP contribution < -0.4 is 11.1 Å². The largest absolute Gasteiger partial charge is 0.368 e. The first-order valence-electron chi connectivity index (χ1n) is 6.12. The quantitative estimate of drug-likeness (QED) is 0.787. The van der Waals surface area contributed by atoms with Crippen LogP contribution in [-0.2, 0) is 10.3 Å². The van der Waals surface area contributed by atoms with Crippen LogP contribution in [0.15, 0.2) is 51.4 Å². The average molecular weight is 416 g/mol. The maximum Gasteiger partial charge on any atom is 0.247 e. The maximum absolute atomic E-state index is 13.2. The Kier molecular flexibility index (Phi) is 4.68. The van der Waals surface area contributed by atoms with Gasteiger partial charge in [-0.15, -0.1) is 0 Å². The van der Waals surface area contributed by atoms with Crippen LogP contribution in [0.1, 0.15) is 12.5 Å². The molecule has 0 saturated carbocycles. The van der Waals surface area contributed by atoms with Gasteiger partial charge in [-0.3, -0.25) is 4.79 Å². The number of benzene rings is 2. The summed E-state index contributed by atoms with van der Waals surface area (Å²) in [7, 11) is 0. The summed E-state index contributed by atoms with van der Waals surface area (Å²) in [5, 5.41) is 3.12. The molecule has 0 saturated heterocycles. The zero-order chi connectivity index (χ0) is 15.6. The van der Waals surface area contributed by atoms with Gasteiger partial charge >= 0.3 is 0 Å². The zero-order valence-corrected chi connectivity index (χ0v) is 14.3. The lowest BCUT2D eigenvalue weighted by molar-refractivity contribution is -0.122. The van der Waals surface area contributed by atoms with E-state index < -0.39 is 11.4 Å². The number of hydrogen-bond donors (Lipinski definition) is 2. The number of nitrogens with one attached hydrogen (secondary N) is 1. The SMILES string of the molecule is CC(Nc1cccc(Br)c1)(C(N)=O)c1ccc(F)cc1Br. The van der Waals surface area contributed by atoms with Crippen molar-refractivity contribution in [3.05, 3.63) is 62.8 Å². The Hall–Kier alpha value is -1.40. The third-order valence-electron chi connectivity index (χ3n) is 3.18. The van der Waals surface area contributed by atoms with Crippen LogP contribution in [0.25, 0.3) is 0 Å². The summed E-state index contributed by atoms with van der Waals surface area (Å²) in [6.45, 7) is 1.66. The highest BCUT2D eigenvalue weighted by atomic mass is 79.9. The van der Waals surface area contributed by atoms with Gasteiger partial charge in [0.15, 0.2) is 0 Å². The minimum Gasteiger partial charge on any atom is -0.368 e. The zero-order valence-electron chi connectivity index (χ0n) is 11.2. The number of carbonyl (C=O) groups excluding carboxylic acids is 1. The first kappa shape index (κ1) is 16.0. The van der Waals surface area contributed by atoms with E-state index in [9.17, 15) is 9.18 Å². The van der Waals surface area contributed by atoms with Gasteiger partial charge in [-0.25, -0.2) is 4.39 Å². The van der Waals surface area contributed by atoms with E-state index in [0.717, 1.165) is 10.2 Å². The highest BCUT2D eigenvalue weighted by Crippen LogP contribution is 2.32. The fourth-order valence-electron chi connectivity index (χ4n) is 2.01. The minimum atomic E-state index is -1.17. The summed E-state index contributed by atoms with van der Waals surface area (Å²) in [6, 6.07) is 11.5.